The Morgan fingerprint density at radius 2 is 2.11 bits per heavy atom. The van der Waals surface area contributed by atoms with Crippen molar-refractivity contribution in [2.75, 3.05) is 44.9 Å². The summed E-state index contributed by atoms with van der Waals surface area (Å²) in [6, 6.07) is 1.86. The second kappa shape index (κ2) is 8.66. The summed E-state index contributed by atoms with van der Waals surface area (Å²) in [7, 11) is 1.69. The van der Waals surface area contributed by atoms with Gasteiger partial charge in [-0.2, -0.15) is 4.98 Å². The van der Waals surface area contributed by atoms with E-state index in [0.717, 1.165) is 25.3 Å². The quantitative estimate of drug-likeness (QED) is 0.720. The van der Waals surface area contributed by atoms with Gasteiger partial charge in [-0.1, -0.05) is 0 Å². The van der Waals surface area contributed by atoms with Crippen molar-refractivity contribution in [2.45, 2.75) is 20.3 Å². The Kier molecular flexibility index (Phi) is 7.14. The Morgan fingerprint density at radius 3 is 2.74 bits per heavy atom. The van der Waals surface area contributed by atoms with Crippen LogP contribution in [0.2, 0.25) is 0 Å². The second-order valence-electron chi connectivity index (χ2n) is 4.17. The maximum atomic E-state index is 5.58. The number of ether oxygens (including phenoxy) is 2. The molecule has 0 fully saturated rings. The number of anilines is 1. The fourth-order valence-electron chi connectivity index (χ4n) is 1.73. The molecule has 0 amide bonds. The van der Waals surface area contributed by atoms with Crippen LogP contribution in [0, 0.1) is 6.92 Å². The van der Waals surface area contributed by atoms with Crippen LogP contribution in [0.15, 0.2) is 6.07 Å². The molecule has 1 aromatic heterocycles. The fraction of sp³-hybridized carbons (Fsp3) is 0.692. The Morgan fingerprint density at radius 1 is 1.32 bits per heavy atom. The first kappa shape index (κ1) is 15.7. The molecule has 6 heteroatoms. The third-order valence-electron chi connectivity index (χ3n) is 2.61. The first-order chi connectivity index (χ1) is 9.21. The number of nitrogens with zero attached hydrogens (tertiary/aromatic N) is 3. The normalized spacial score (nSPS) is 10.5. The summed E-state index contributed by atoms with van der Waals surface area (Å²) >= 11 is 0. The third kappa shape index (κ3) is 5.40. The molecule has 0 unspecified atom stereocenters. The molecule has 0 aliphatic carbocycles. The summed E-state index contributed by atoms with van der Waals surface area (Å²) in [4.78, 5) is 10.9. The van der Waals surface area contributed by atoms with Crippen molar-refractivity contribution in [1.82, 2.24) is 9.97 Å². The molecule has 0 saturated heterocycles. The number of rotatable bonds is 9. The van der Waals surface area contributed by atoms with E-state index < -0.39 is 0 Å². The fourth-order valence-corrected chi connectivity index (χ4v) is 1.73. The zero-order chi connectivity index (χ0) is 14.1. The maximum Gasteiger partial charge on any atom is 0.218 e. The number of nitrogens with two attached hydrogens (primary N) is 1. The van der Waals surface area contributed by atoms with Crippen molar-refractivity contribution in [3.8, 4) is 5.88 Å². The molecule has 0 radical (unpaired) electrons. The van der Waals surface area contributed by atoms with E-state index in [1.807, 2.05) is 19.9 Å². The van der Waals surface area contributed by atoms with Gasteiger partial charge in [-0.05, 0) is 26.8 Å². The molecule has 0 aromatic carbocycles. The molecule has 108 valence electrons. The number of aromatic nitrogens is 2. The number of methoxy groups -OCH3 is 1. The van der Waals surface area contributed by atoms with Crippen LogP contribution in [0.25, 0.3) is 0 Å². The minimum Gasteiger partial charge on any atom is -0.478 e. The zero-order valence-corrected chi connectivity index (χ0v) is 12.1. The Bertz CT molecular complexity index is 366. The van der Waals surface area contributed by atoms with Gasteiger partial charge in [0.15, 0.2) is 0 Å². The number of aryl methyl sites for hydroxylation is 1. The van der Waals surface area contributed by atoms with Crippen LogP contribution in [0.3, 0.4) is 0 Å². The van der Waals surface area contributed by atoms with E-state index >= 15 is 0 Å². The Balaban J connectivity index is 2.85. The largest absolute Gasteiger partial charge is 0.478 e. The van der Waals surface area contributed by atoms with Crippen LogP contribution in [-0.4, -0.2) is 49.9 Å². The second-order valence-corrected chi connectivity index (χ2v) is 4.17. The van der Waals surface area contributed by atoms with Crippen molar-refractivity contribution in [2.24, 2.45) is 5.73 Å². The lowest BCUT2D eigenvalue weighted by Crippen LogP contribution is -2.30. The van der Waals surface area contributed by atoms with Crippen LogP contribution >= 0.6 is 0 Å². The lowest BCUT2D eigenvalue weighted by Gasteiger charge is -2.23. The molecule has 2 N–H and O–H groups in total. The standard InChI is InChI=1S/C13H24N4O2/c1-4-19-13-10-12(15-11(2)16-13)17(7-5-6-14)8-9-18-3/h10H,4-9,14H2,1-3H3. The van der Waals surface area contributed by atoms with Gasteiger partial charge in [-0.15, -0.1) is 0 Å². The van der Waals surface area contributed by atoms with Gasteiger partial charge >= 0.3 is 0 Å². The van der Waals surface area contributed by atoms with Gasteiger partial charge in [0.1, 0.15) is 11.6 Å². The van der Waals surface area contributed by atoms with Gasteiger partial charge in [0.2, 0.25) is 5.88 Å². The number of hydrogen-bond acceptors (Lipinski definition) is 6. The molecule has 6 nitrogen and oxygen atoms in total. The molecule has 0 saturated carbocycles. The van der Waals surface area contributed by atoms with Gasteiger partial charge in [0.25, 0.3) is 0 Å². The SMILES string of the molecule is CCOc1cc(N(CCCN)CCOC)nc(C)n1. The summed E-state index contributed by atoms with van der Waals surface area (Å²) in [5.74, 6) is 2.18. The van der Waals surface area contributed by atoms with Crippen LogP contribution in [-0.2, 0) is 4.74 Å². The molecule has 1 heterocycles. The van der Waals surface area contributed by atoms with Gasteiger partial charge in [-0.25, -0.2) is 4.98 Å². The molecule has 19 heavy (non-hydrogen) atoms. The molecule has 1 aromatic rings. The van der Waals surface area contributed by atoms with Crippen LogP contribution in [0.4, 0.5) is 5.82 Å². The predicted octanol–water partition coefficient (Wildman–Crippen LogP) is 0.985. The van der Waals surface area contributed by atoms with Crippen molar-refractivity contribution in [3.05, 3.63) is 11.9 Å². The highest BCUT2D eigenvalue weighted by Crippen LogP contribution is 2.17. The van der Waals surface area contributed by atoms with Crippen molar-refractivity contribution in [1.29, 1.82) is 0 Å². The average molecular weight is 268 g/mol. The van der Waals surface area contributed by atoms with Crippen molar-refractivity contribution in [3.63, 3.8) is 0 Å². The zero-order valence-electron chi connectivity index (χ0n) is 12.1. The smallest absolute Gasteiger partial charge is 0.218 e. The summed E-state index contributed by atoms with van der Waals surface area (Å²) < 4.78 is 10.6. The van der Waals surface area contributed by atoms with Crippen molar-refractivity contribution >= 4 is 5.82 Å². The van der Waals surface area contributed by atoms with Gasteiger partial charge in [0.05, 0.1) is 13.2 Å². The van der Waals surface area contributed by atoms with Crippen LogP contribution < -0.4 is 15.4 Å². The van der Waals surface area contributed by atoms with Crippen LogP contribution in [0.5, 0.6) is 5.88 Å². The monoisotopic (exact) mass is 268 g/mol. The van der Waals surface area contributed by atoms with E-state index in [9.17, 15) is 0 Å². The Hall–Kier alpha value is -1.40. The molecule has 0 spiro atoms. The lowest BCUT2D eigenvalue weighted by molar-refractivity contribution is 0.205. The van der Waals surface area contributed by atoms with Crippen molar-refractivity contribution < 1.29 is 9.47 Å². The summed E-state index contributed by atoms with van der Waals surface area (Å²) in [5.41, 5.74) is 5.58. The van der Waals surface area contributed by atoms with E-state index in [0.29, 0.717) is 31.5 Å². The van der Waals surface area contributed by atoms with Gasteiger partial charge in [-0.3, -0.25) is 0 Å². The first-order valence-corrected chi connectivity index (χ1v) is 6.63. The van der Waals surface area contributed by atoms with E-state index in [1.165, 1.54) is 0 Å². The maximum absolute atomic E-state index is 5.58. The average Bonchev–Trinajstić information content (AvgIpc) is 2.38. The van der Waals surface area contributed by atoms with E-state index in [1.54, 1.807) is 7.11 Å². The van der Waals surface area contributed by atoms with Crippen LogP contribution in [0.1, 0.15) is 19.2 Å². The third-order valence-corrected chi connectivity index (χ3v) is 2.61. The van der Waals surface area contributed by atoms with Gasteiger partial charge in [0, 0.05) is 26.3 Å². The lowest BCUT2D eigenvalue weighted by atomic mass is 10.3. The highest BCUT2D eigenvalue weighted by atomic mass is 16.5. The van der Waals surface area contributed by atoms with E-state index in [-0.39, 0.29) is 0 Å². The highest BCUT2D eigenvalue weighted by molar-refractivity contribution is 5.41. The predicted molar refractivity (Wildman–Crippen MR) is 75.7 cm³/mol. The Labute approximate surface area is 114 Å². The molecule has 0 atom stereocenters. The molecular weight excluding hydrogens is 244 g/mol. The summed E-state index contributed by atoms with van der Waals surface area (Å²) in [5, 5.41) is 0. The topological polar surface area (TPSA) is 73.5 Å². The van der Waals surface area contributed by atoms with Gasteiger partial charge < -0.3 is 20.1 Å². The molecule has 0 bridgehead atoms. The minimum atomic E-state index is 0.594. The molecule has 0 aliphatic heterocycles. The summed E-state index contributed by atoms with van der Waals surface area (Å²) in [6.45, 7) is 7.33. The van der Waals surface area contributed by atoms with E-state index in [2.05, 4.69) is 14.9 Å². The highest BCUT2D eigenvalue weighted by Gasteiger charge is 2.10. The molecule has 1 rings (SSSR count). The van der Waals surface area contributed by atoms with E-state index in [4.69, 9.17) is 15.2 Å². The number of hydrogen-bond donors (Lipinski definition) is 1. The first-order valence-electron chi connectivity index (χ1n) is 6.63. The minimum absolute atomic E-state index is 0.594. The molecule has 0 aliphatic rings. The summed E-state index contributed by atoms with van der Waals surface area (Å²) in [6.07, 6.45) is 0.913. The molecular formula is C13H24N4O2.